The predicted octanol–water partition coefficient (Wildman–Crippen LogP) is 3.45. The number of hydrogen-bond acceptors (Lipinski definition) is 2. The molecule has 3 unspecified atom stereocenters. The fraction of sp³-hybridized carbons (Fsp3) is 0.667. The Bertz CT molecular complexity index is 468. The van der Waals surface area contributed by atoms with E-state index in [2.05, 4.69) is 43.4 Å². The van der Waals surface area contributed by atoms with Gasteiger partial charge in [0.05, 0.1) is 6.10 Å². The van der Waals surface area contributed by atoms with E-state index in [9.17, 15) is 5.11 Å². The summed E-state index contributed by atoms with van der Waals surface area (Å²) in [5.41, 5.74) is 3.31. The van der Waals surface area contributed by atoms with E-state index in [0.29, 0.717) is 17.4 Å². The van der Waals surface area contributed by atoms with Gasteiger partial charge in [0.15, 0.2) is 0 Å². The minimum atomic E-state index is -0.0616. The van der Waals surface area contributed by atoms with Crippen molar-refractivity contribution in [3.8, 4) is 0 Å². The zero-order valence-corrected chi connectivity index (χ0v) is 12.7. The van der Waals surface area contributed by atoms with E-state index in [1.807, 2.05) is 0 Å². The molecule has 2 heteroatoms. The molecule has 0 spiro atoms. The van der Waals surface area contributed by atoms with E-state index >= 15 is 0 Å². The van der Waals surface area contributed by atoms with Crippen LogP contribution in [0.1, 0.15) is 56.7 Å². The highest BCUT2D eigenvalue weighted by Gasteiger charge is 2.36. The highest BCUT2D eigenvalue weighted by Crippen LogP contribution is 2.43. The van der Waals surface area contributed by atoms with Gasteiger partial charge in [-0.15, -0.1) is 0 Å². The maximum Gasteiger partial charge on any atom is 0.0543 e. The normalized spacial score (nSPS) is 32.0. The van der Waals surface area contributed by atoms with Gasteiger partial charge >= 0.3 is 0 Å². The van der Waals surface area contributed by atoms with E-state index in [4.69, 9.17) is 0 Å². The van der Waals surface area contributed by atoms with Crippen molar-refractivity contribution < 1.29 is 5.11 Å². The topological polar surface area (TPSA) is 32.3 Å². The van der Waals surface area contributed by atoms with Gasteiger partial charge in [0.2, 0.25) is 0 Å². The SMILES string of the molecule is CC1(C)CCc2ccccc2C1NCC1CCC(O)C1. The standard InChI is InChI=1S/C18H27NO/c1-18(2)10-9-14-5-3-4-6-16(14)17(18)19-12-13-7-8-15(20)11-13/h3-6,13,15,17,19-20H,7-12H2,1-2H3. The highest BCUT2D eigenvalue weighted by atomic mass is 16.3. The van der Waals surface area contributed by atoms with Crippen molar-refractivity contribution in [2.24, 2.45) is 11.3 Å². The van der Waals surface area contributed by atoms with Crippen LogP contribution in [0, 0.1) is 11.3 Å². The number of fused-ring (bicyclic) bond motifs is 1. The Morgan fingerprint density at radius 2 is 2.05 bits per heavy atom. The lowest BCUT2D eigenvalue weighted by Gasteiger charge is -2.41. The van der Waals surface area contributed by atoms with Gasteiger partial charge in [-0.05, 0) is 61.1 Å². The highest BCUT2D eigenvalue weighted by molar-refractivity contribution is 5.34. The summed E-state index contributed by atoms with van der Waals surface area (Å²) in [6.45, 7) is 5.80. The Labute approximate surface area is 122 Å². The summed E-state index contributed by atoms with van der Waals surface area (Å²) in [5.74, 6) is 0.648. The van der Waals surface area contributed by atoms with Gasteiger partial charge in [-0.25, -0.2) is 0 Å². The molecule has 0 bridgehead atoms. The van der Waals surface area contributed by atoms with Crippen LogP contribution in [0.4, 0.5) is 0 Å². The number of aliphatic hydroxyl groups is 1. The molecule has 3 atom stereocenters. The summed E-state index contributed by atoms with van der Waals surface area (Å²) in [4.78, 5) is 0. The van der Waals surface area contributed by atoms with Crippen molar-refractivity contribution in [2.75, 3.05) is 6.54 Å². The molecule has 0 aromatic heterocycles. The molecule has 0 aliphatic heterocycles. The molecule has 2 aliphatic carbocycles. The summed E-state index contributed by atoms with van der Waals surface area (Å²) in [6.07, 6.45) is 5.51. The maximum absolute atomic E-state index is 9.67. The third kappa shape index (κ3) is 2.77. The zero-order valence-electron chi connectivity index (χ0n) is 12.7. The minimum Gasteiger partial charge on any atom is -0.393 e. The summed E-state index contributed by atoms with van der Waals surface area (Å²) in [5, 5.41) is 13.5. The van der Waals surface area contributed by atoms with Gasteiger partial charge in [-0.2, -0.15) is 0 Å². The third-order valence-corrected chi connectivity index (χ3v) is 5.31. The Kier molecular flexibility index (Phi) is 3.87. The first kappa shape index (κ1) is 14.1. The van der Waals surface area contributed by atoms with Gasteiger partial charge in [-0.1, -0.05) is 38.1 Å². The monoisotopic (exact) mass is 273 g/mol. The first-order valence-corrected chi connectivity index (χ1v) is 8.05. The average molecular weight is 273 g/mol. The zero-order chi connectivity index (χ0) is 14.2. The lowest BCUT2D eigenvalue weighted by Crippen LogP contribution is -2.40. The molecule has 2 nitrogen and oxygen atoms in total. The van der Waals surface area contributed by atoms with Crippen LogP contribution in [0.2, 0.25) is 0 Å². The number of rotatable bonds is 3. The molecule has 3 rings (SSSR count). The largest absolute Gasteiger partial charge is 0.393 e. The molecule has 1 aromatic rings. The second-order valence-electron chi connectivity index (χ2n) is 7.36. The van der Waals surface area contributed by atoms with Crippen molar-refractivity contribution in [1.82, 2.24) is 5.32 Å². The lowest BCUT2D eigenvalue weighted by atomic mass is 9.70. The molecule has 0 radical (unpaired) electrons. The number of nitrogens with one attached hydrogen (secondary N) is 1. The second kappa shape index (κ2) is 5.50. The maximum atomic E-state index is 9.67. The van der Waals surface area contributed by atoms with Crippen LogP contribution in [0.5, 0.6) is 0 Å². The Hall–Kier alpha value is -0.860. The first-order valence-electron chi connectivity index (χ1n) is 8.05. The van der Waals surface area contributed by atoms with Gasteiger partial charge in [0.25, 0.3) is 0 Å². The Morgan fingerprint density at radius 3 is 2.80 bits per heavy atom. The van der Waals surface area contributed by atoms with Crippen LogP contribution in [-0.4, -0.2) is 17.8 Å². The molecule has 20 heavy (non-hydrogen) atoms. The summed E-state index contributed by atoms with van der Waals surface area (Å²) < 4.78 is 0. The second-order valence-corrected chi connectivity index (χ2v) is 7.36. The van der Waals surface area contributed by atoms with Crippen LogP contribution in [0.3, 0.4) is 0 Å². The van der Waals surface area contributed by atoms with E-state index in [-0.39, 0.29) is 6.10 Å². The Balaban J connectivity index is 1.73. The molecule has 0 saturated heterocycles. The molecule has 2 N–H and O–H groups in total. The number of aliphatic hydroxyl groups excluding tert-OH is 1. The fourth-order valence-corrected chi connectivity index (χ4v) is 3.97. The third-order valence-electron chi connectivity index (χ3n) is 5.31. The van der Waals surface area contributed by atoms with Crippen molar-refractivity contribution in [2.45, 2.75) is 58.1 Å². The van der Waals surface area contributed by atoms with Crippen LogP contribution in [0.25, 0.3) is 0 Å². The van der Waals surface area contributed by atoms with E-state index in [0.717, 1.165) is 19.4 Å². The molecule has 0 amide bonds. The van der Waals surface area contributed by atoms with Crippen LogP contribution >= 0.6 is 0 Å². The average Bonchev–Trinajstić information content (AvgIpc) is 2.83. The molecular formula is C18H27NO. The van der Waals surface area contributed by atoms with Gasteiger partial charge in [0.1, 0.15) is 0 Å². The summed E-state index contributed by atoms with van der Waals surface area (Å²) in [7, 11) is 0. The van der Waals surface area contributed by atoms with Crippen LogP contribution in [0.15, 0.2) is 24.3 Å². The van der Waals surface area contributed by atoms with Gasteiger partial charge < -0.3 is 10.4 Å². The lowest BCUT2D eigenvalue weighted by molar-refractivity contribution is 0.172. The molecule has 1 saturated carbocycles. The Morgan fingerprint density at radius 1 is 1.25 bits per heavy atom. The smallest absolute Gasteiger partial charge is 0.0543 e. The molecule has 110 valence electrons. The number of benzene rings is 1. The summed E-state index contributed by atoms with van der Waals surface area (Å²) >= 11 is 0. The molecule has 2 aliphatic rings. The molecule has 1 aromatic carbocycles. The van der Waals surface area contributed by atoms with Crippen LogP contribution in [-0.2, 0) is 6.42 Å². The fourth-order valence-electron chi connectivity index (χ4n) is 3.97. The van der Waals surface area contributed by atoms with Gasteiger partial charge in [-0.3, -0.25) is 0 Å². The van der Waals surface area contributed by atoms with Crippen molar-refractivity contribution in [3.05, 3.63) is 35.4 Å². The minimum absolute atomic E-state index is 0.0616. The van der Waals surface area contributed by atoms with E-state index in [1.165, 1.54) is 30.4 Å². The number of hydrogen-bond donors (Lipinski definition) is 2. The summed E-state index contributed by atoms with van der Waals surface area (Å²) in [6, 6.07) is 9.33. The van der Waals surface area contributed by atoms with Crippen molar-refractivity contribution in [1.29, 1.82) is 0 Å². The van der Waals surface area contributed by atoms with E-state index < -0.39 is 0 Å². The molecule has 1 fully saturated rings. The predicted molar refractivity (Wildman–Crippen MR) is 82.6 cm³/mol. The van der Waals surface area contributed by atoms with Crippen molar-refractivity contribution in [3.63, 3.8) is 0 Å². The first-order chi connectivity index (χ1) is 9.56. The molecular weight excluding hydrogens is 246 g/mol. The number of aryl methyl sites for hydroxylation is 1. The molecule has 0 heterocycles. The quantitative estimate of drug-likeness (QED) is 0.884. The van der Waals surface area contributed by atoms with Gasteiger partial charge in [0, 0.05) is 6.04 Å². The van der Waals surface area contributed by atoms with Crippen LogP contribution < -0.4 is 5.32 Å². The van der Waals surface area contributed by atoms with E-state index in [1.54, 1.807) is 0 Å². The van der Waals surface area contributed by atoms with Crippen molar-refractivity contribution >= 4 is 0 Å².